The lowest BCUT2D eigenvalue weighted by Gasteiger charge is -2.35. The third-order valence-corrected chi connectivity index (χ3v) is 10.6. The second kappa shape index (κ2) is 15.5. The summed E-state index contributed by atoms with van der Waals surface area (Å²) in [7, 11) is 0. The number of benzene rings is 3. The average molecular weight is 807 g/mol. The summed E-state index contributed by atoms with van der Waals surface area (Å²) in [5.41, 5.74) is 1.68. The Morgan fingerprint density at radius 3 is 2.44 bits per heavy atom. The van der Waals surface area contributed by atoms with E-state index in [9.17, 15) is 37.1 Å². The Bertz CT molecular complexity index is 2640. The molecule has 13 nitrogen and oxygen atoms in total. The van der Waals surface area contributed by atoms with Gasteiger partial charge in [0.15, 0.2) is 5.65 Å². The van der Waals surface area contributed by atoms with E-state index in [1.54, 1.807) is 47.2 Å². The highest BCUT2D eigenvalue weighted by Gasteiger charge is 2.46. The molecule has 8 rings (SSSR count). The molecule has 17 heteroatoms. The summed E-state index contributed by atoms with van der Waals surface area (Å²) in [5.74, 6) is 1.46. The van der Waals surface area contributed by atoms with Crippen LogP contribution in [0.25, 0.3) is 5.65 Å². The number of fused-ring (bicyclic) bond motifs is 2. The number of hydrogen-bond acceptors (Lipinski definition) is 9. The van der Waals surface area contributed by atoms with Gasteiger partial charge in [-0.3, -0.25) is 44.0 Å². The predicted molar refractivity (Wildman–Crippen MR) is 203 cm³/mol. The Kier molecular flexibility index (Phi) is 10.3. The van der Waals surface area contributed by atoms with Crippen LogP contribution in [0.2, 0.25) is 0 Å². The first-order valence-corrected chi connectivity index (χ1v) is 18.6. The molecule has 300 valence electrons. The predicted octanol–water partition coefficient (Wildman–Crippen LogP) is 4.57. The van der Waals surface area contributed by atoms with Crippen molar-refractivity contribution in [3.05, 3.63) is 129 Å². The topological polar surface area (TPSA) is 149 Å². The first-order valence-electron chi connectivity index (χ1n) is 18.6. The van der Waals surface area contributed by atoms with E-state index in [-0.39, 0.29) is 48.3 Å². The summed E-state index contributed by atoms with van der Waals surface area (Å²) in [6, 6.07) is 13.5. The van der Waals surface area contributed by atoms with Crippen molar-refractivity contribution in [1.29, 1.82) is 0 Å². The minimum Gasteiger partial charge on any atom is -0.322 e. The average Bonchev–Trinajstić information content (AvgIpc) is 3.72. The van der Waals surface area contributed by atoms with E-state index in [1.165, 1.54) is 18.2 Å². The number of aryl methyl sites for hydroxylation is 1. The van der Waals surface area contributed by atoms with E-state index in [4.69, 9.17) is 0 Å². The van der Waals surface area contributed by atoms with Gasteiger partial charge in [-0.1, -0.05) is 18.1 Å². The molecule has 3 aromatic carbocycles. The van der Waals surface area contributed by atoms with E-state index in [0.29, 0.717) is 53.5 Å². The first kappa shape index (κ1) is 39.1. The highest BCUT2D eigenvalue weighted by molar-refractivity contribution is 6.23. The van der Waals surface area contributed by atoms with E-state index in [0.717, 1.165) is 17.7 Å². The fraction of sp³-hybridized carbons (Fsp3) is 0.262. The third kappa shape index (κ3) is 7.92. The van der Waals surface area contributed by atoms with Gasteiger partial charge in [-0.05, 0) is 84.5 Å². The smallest absolute Gasteiger partial charge is 0.322 e. The van der Waals surface area contributed by atoms with Gasteiger partial charge in [0, 0.05) is 68.7 Å². The number of aromatic nitrogens is 3. The van der Waals surface area contributed by atoms with Crippen molar-refractivity contribution >= 4 is 40.9 Å². The molecule has 5 heterocycles. The summed E-state index contributed by atoms with van der Waals surface area (Å²) < 4.78 is 60.1. The minimum atomic E-state index is -4.71. The van der Waals surface area contributed by atoms with Crippen molar-refractivity contribution < 1.29 is 41.5 Å². The summed E-state index contributed by atoms with van der Waals surface area (Å²) >= 11 is 0. The van der Waals surface area contributed by atoms with E-state index in [2.05, 4.69) is 32.6 Å². The fourth-order valence-electron chi connectivity index (χ4n) is 7.50. The van der Waals surface area contributed by atoms with Crippen LogP contribution in [0, 0.1) is 24.6 Å². The summed E-state index contributed by atoms with van der Waals surface area (Å²) in [6.07, 6.45) is -1.64. The molecule has 2 saturated heterocycles. The van der Waals surface area contributed by atoms with Gasteiger partial charge >= 0.3 is 6.18 Å². The van der Waals surface area contributed by atoms with Crippen LogP contribution in [0.5, 0.6) is 0 Å². The lowest BCUT2D eigenvalue weighted by atomic mass is 10.0. The normalized spacial score (nSPS) is 17.5. The molecule has 0 bridgehead atoms. The second-order valence-electron chi connectivity index (χ2n) is 14.5. The lowest BCUT2D eigenvalue weighted by molar-refractivity contribution is -0.138. The zero-order valence-corrected chi connectivity index (χ0v) is 31.4. The number of carbonyl (C=O) groups is 5. The molecule has 2 aromatic heterocycles. The molecule has 0 spiro atoms. The van der Waals surface area contributed by atoms with E-state index in [1.807, 2.05) is 16.7 Å². The molecule has 59 heavy (non-hydrogen) atoms. The van der Waals surface area contributed by atoms with Crippen LogP contribution < -0.4 is 10.6 Å². The zero-order chi connectivity index (χ0) is 41.6. The maximum atomic E-state index is 15.3. The molecule has 1 unspecified atom stereocenters. The standard InChI is InChI=1S/C42H34F4N8O5/c1-24-4-5-27(19-26(24)7-9-30-21-47-35-3-2-12-48-54(30)35)38(56)49-29-8-6-28(32(20-29)42(44,45)46)23-52-15-13-51(14-16-52)22-25-17-31-37(33(43)18-25)41(59)53(40(31)58)34-10-11-36(55)50-39(34)57/h2-6,8,12,17-21,34H,10-11,13-16,22-23H2,1H3,(H,49,56)(H,50,55,57). The number of anilines is 1. The van der Waals surface area contributed by atoms with Crippen LogP contribution in [-0.4, -0.2) is 91.1 Å². The number of rotatable bonds is 7. The van der Waals surface area contributed by atoms with Gasteiger partial charge in [0.05, 0.1) is 22.9 Å². The van der Waals surface area contributed by atoms with Gasteiger partial charge in [0.25, 0.3) is 17.7 Å². The largest absolute Gasteiger partial charge is 0.416 e. The zero-order valence-electron chi connectivity index (χ0n) is 31.4. The molecule has 1 atom stereocenters. The van der Waals surface area contributed by atoms with Gasteiger partial charge in [-0.25, -0.2) is 13.9 Å². The Hall–Kier alpha value is -6.77. The highest BCUT2D eigenvalue weighted by Crippen LogP contribution is 2.35. The molecule has 0 saturated carbocycles. The van der Waals surface area contributed by atoms with Gasteiger partial charge in [0.2, 0.25) is 11.8 Å². The number of piperazine rings is 1. The van der Waals surface area contributed by atoms with Gasteiger partial charge < -0.3 is 5.32 Å². The maximum Gasteiger partial charge on any atom is 0.416 e. The van der Waals surface area contributed by atoms with Gasteiger partial charge in [-0.15, -0.1) is 0 Å². The number of nitrogens with zero attached hydrogens (tertiary/aromatic N) is 6. The molecule has 3 aliphatic rings. The molecular weight excluding hydrogens is 773 g/mol. The third-order valence-electron chi connectivity index (χ3n) is 10.6. The Morgan fingerprint density at radius 1 is 0.932 bits per heavy atom. The number of nitrogens with one attached hydrogen (secondary N) is 2. The maximum absolute atomic E-state index is 15.3. The van der Waals surface area contributed by atoms with Crippen LogP contribution in [0.3, 0.4) is 0 Å². The molecule has 5 aromatic rings. The number of hydrogen-bond donors (Lipinski definition) is 2. The molecular formula is C42H34F4N8O5. The number of imidazole rings is 1. The number of amides is 5. The monoisotopic (exact) mass is 806 g/mol. The van der Waals surface area contributed by atoms with Crippen LogP contribution in [-0.2, 0) is 28.9 Å². The highest BCUT2D eigenvalue weighted by atomic mass is 19.4. The van der Waals surface area contributed by atoms with Crippen LogP contribution in [0.1, 0.15) is 77.4 Å². The van der Waals surface area contributed by atoms with Crippen molar-refractivity contribution in [3.63, 3.8) is 0 Å². The van der Waals surface area contributed by atoms with Crippen LogP contribution in [0.4, 0.5) is 23.2 Å². The van der Waals surface area contributed by atoms with Crippen molar-refractivity contribution in [2.45, 2.75) is 45.1 Å². The number of imide groups is 2. The Balaban J connectivity index is 0.901. The molecule has 2 N–H and O–H groups in total. The van der Waals surface area contributed by atoms with Crippen molar-refractivity contribution in [2.24, 2.45) is 0 Å². The molecule has 3 aliphatic heterocycles. The van der Waals surface area contributed by atoms with E-state index >= 15 is 4.39 Å². The van der Waals surface area contributed by atoms with Crippen molar-refractivity contribution in [3.8, 4) is 11.8 Å². The second-order valence-corrected chi connectivity index (χ2v) is 14.5. The van der Waals surface area contributed by atoms with Gasteiger partial charge in [-0.2, -0.15) is 18.3 Å². The SMILES string of the molecule is Cc1ccc(C(=O)Nc2ccc(CN3CCN(Cc4cc(F)c5c(c4)C(=O)N(C4CCC(=O)NC4=O)C5=O)CC3)c(C(F)(F)F)c2)cc1C#Cc1cnc2cccnn12. The van der Waals surface area contributed by atoms with E-state index < -0.39 is 58.7 Å². The lowest BCUT2D eigenvalue weighted by Crippen LogP contribution is -2.54. The van der Waals surface area contributed by atoms with Crippen LogP contribution in [0.15, 0.2) is 73.1 Å². The molecule has 2 fully saturated rings. The summed E-state index contributed by atoms with van der Waals surface area (Å²) in [6.45, 7) is 3.63. The number of piperidine rings is 1. The number of alkyl halides is 3. The van der Waals surface area contributed by atoms with Crippen molar-refractivity contribution in [2.75, 3.05) is 31.5 Å². The first-order chi connectivity index (χ1) is 28.2. The van der Waals surface area contributed by atoms with Gasteiger partial charge in [0.1, 0.15) is 17.6 Å². The Labute approximate surface area is 334 Å². The summed E-state index contributed by atoms with van der Waals surface area (Å²) in [4.78, 5) is 72.3. The number of halogens is 4. The molecule has 5 amide bonds. The molecule has 0 radical (unpaired) electrons. The minimum absolute atomic E-state index is 0.0147. The molecule has 0 aliphatic carbocycles. The van der Waals surface area contributed by atoms with Crippen LogP contribution >= 0.6 is 0 Å². The quantitative estimate of drug-likeness (QED) is 0.137. The van der Waals surface area contributed by atoms with Crippen molar-refractivity contribution in [1.82, 2.24) is 34.6 Å². The number of carbonyl (C=O) groups excluding carboxylic acids is 5. The fourth-order valence-corrected chi connectivity index (χ4v) is 7.50. The Morgan fingerprint density at radius 2 is 1.69 bits per heavy atom. The summed E-state index contributed by atoms with van der Waals surface area (Å²) in [5, 5.41) is 8.93.